The molecule has 5 nitrogen and oxygen atoms in total. The van der Waals surface area contributed by atoms with Crippen molar-refractivity contribution in [3.8, 4) is 0 Å². The lowest BCUT2D eigenvalue weighted by Crippen LogP contribution is -2.55. The first-order valence-electron chi connectivity index (χ1n) is 30.2. The van der Waals surface area contributed by atoms with Crippen molar-refractivity contribution in [3.05, 3.63) is 95.1 Å². The van der Waals surface area contributed by atoms with E-state index in [1.807, 2.05) is 0 Å². The van der Waals surface area contributed by atoms with Crippen molar-refractivity contribution in [2.75, 3.05) is 29.4 Å². The Labute approximate surface area is 466 Å². The van der Waals surface area contributed by atoms with E-state index in [-0.39, 0.29) is 16.6 Å². The zero-order chi connectivity index (χ0) is 56.9. The van der Waals surface area contributed by atoms with E-state index in [1.54, 1.807) is 0 Å². The minimum atomic E-state index is 0.175. The molecule has 0 radical (unpaired) electrons. The molecule has 0 bridgehead atoms. The highest BCUT2D eigenvalue weighted by Crippen LogP contribution is 2.45. The Kier molecular flexibility index (Phi) is 21.6. The first-order chi connectivity index (χ1) is 34.1. The monoisotopic (exact) mass is 1030 g/mol. The minimum absolute atomic E-state index is 0.175. The molecule has 2 fully saturated rings. The molecule has 5 heteroatoms. The van der Waals surface area contributed by atoms with Crippen LogP contribution in [-0.2, 0) is 25.8 Å². The highest BCUT2D eigenvalue weighted by molar-refractivity contribution is 5.62. The molecule has 75 heavy (non-hydrogen) atoms. The van der Waals surface area contributed by atoms with Gasteiger partial charge in [0.15, 0.2) is 0 Å². The van der Waals surface area contributed by atoms with Gasteiger partial charge in [0.05, 0.1) is 0 Å². The number of rotatable bonds is 1. The summed E-state index contributed by atoms with van der Waals surface area (Å²) in [5, 5.41) is 0. The van der Waals surface area contributed by atoms with Gasteiger partial charge in [0.1, 0.15) is 0 Å². The molecule has 0 spiro atoms. The van der Waals surface area contributed by atoms with Crippen molar-refractivity contribution in [1.82, 2.24) is 14.7 Å². The maximum Gasteiger partial charge on any atom is 0.0406 e. The molecular weight excluding hydrogens is 911 g/mol. The second kappa shape index (κ2) is 25.1. The quantitative estimate of drug-likeness (QED) is 0.241. The topological polar surface area (TPSA) is 16.2 Å². The van der Waals surface area contributed by atoms with Gasteiger partial charge in [0.25, 0.3) is 0 Å². The van der Waals surface area contributed by atoms with Crippen LogP contribution < -0.4 is 9.80 Å². The van der Waals surface area contributed by atoms with E-state index in [2.05, 4.69) is 277 Å². The molecule has 2 saturated heterocycles. The van der Waals surface area contributed by atoms with Crippen LogP contribution in [0.1, 0.15) is 241 Å². The van der Waals surface area contributed by atoms with E-state index in [4.69, 9.17) is 0 Å². The van der Waals surface area contributed by atoms with E-state index in [0.29, 0.717) is 45.3 Å². The fourth-order valence-corrected chi connectivity index (χ4v) is 13.0. The number of hydrogen-bond donors (Lipinski definition) is 0. The Morgan fingerprint density at radius 2 is 0.787 bits per heavy atom. The van der Waals surface area contributed by atoms with Crippen molar-refractivity contribution in [2.45, 2.75) is 297 Å². The molecule has 4 unspecified atom stereocenters. The van der Waals surface area contributed by atoms with Crippen LogP contribution in [0.15, 0.2) is 72.8 Å². The van der Waals surface area contributed by atoms with E-state index in [9.17, 15) is 0 Å². The molecule has 0 amide bonds. The fourth-order valence-electron chi connectivity index (χ4n) is 13.0. The fraction of sp³-hybridized carbons (Fsp3) is 0.743. The Hall–Kier alpha value is -2.86. The summed E-state index contributed by atoms with van der Waals surface area (Å²) in [7, 11) is 0. The number of likely N-dealkylation sites (tertiary alicyclic amines) is 2. The van der Waals surface area contributed by atoms with Crippen molar-refractivity contribution >= 4 is 11.4 Å². The van der Waals surface area contributed by atoms with Crippen LogP contribution in [0.2, 0.25) is 0 Å². The number of aryl methyl sites for hydroxylation is 1. The standard InChI is InChI=1S/2C17H27N.C16H25N.C11H23N.C9H19N/c1-16(2,3)15-11-13-9-7-8-10-14(13)12-18(15)17(4,5)6;1-16(2,3)15-12-11-13-9-7-8-10-14(13)18(15)17(4,5)6;1-15(2,3)14-11-12-9-7-8-10-13(12)17(14)16(4,5)6;1-9(2)12-8-6-7-10(12)11(3,4)5;1-9(2,3)10-7-5-4-6-8-10/h2*7-10,15H,11-12H2,1-6H3;7-10,14H,11H2,1-6H3;9-10H,6-8H2,1-5H3;4-8H2,1-3H3. The molecule has 0 saturated carbocycles. The second-order valence-corrected chi connectivity index (χ2v) is 32.1. The van der Waals surface area contributed by atoms with Gasteiger partial charge in [-0.1, -0.05) is 150 Å². The predicted molar refractivity (Wildman–Crippen MR) is 334 cm³/mol. The highest BCUT2D eigenvalue weighted by atomic mass is 15.3. The van der Waals surface area contributed by atoms with Crippen LogP contribution in [0.4, 0.5) is 11.4 Å². The Morgan fingerprint density at radius 1 is 0.373 bits per heavy atom. The van der Waals surface area contributed by atoms with Gasteiger partial charge in [0.2, 0.25) is 0 Å². The molecule has 0 aliphatic carbocycles. The molecule has 3 aromatic carbocycles. The summed E-state index contributed by atoms with van der Waals surface area (Å²) in [6.45, 7) is 65.8. The minimum Gasteiger partial charge on any atom is -0.363 e. The summed E-state index contributed by atoms with van der Waals surface area (Å²) < 4.78 is 0. The number of para-hydroxylation sites is 2. The SMILES string of the molecule is CC(C)(C)C1CCc2ccccc2N1C(C)(C)C.CC(C)(C)C1Cc2ccccc2CN1C(C)(C)C.CC(C)(C)C1Cc2ccccc2N1C(C)(C)C.CC(C)(C)N1CCCCC1.CC(C)N1CCCC1C(C)(C)C. The predicted octanol–water partition coefficient (Wildman–Crippen LogP) is 18.3. The van der Waals surface area contributed by atoms with E-state index >= 15 is 0 Å². The zero-order valence-corrected chi connectivity index (χ0v) is 54.2. The van der Waals surface area contributed by atoms with E-state index in [0.717, 1.165) is 18.6 Å². The molecule has 426 valence electrons. The van der Waals surface area contributed by atoms with Crippen molar-refractivity contribution in [3.63, 3.8) is 0 Å². The summed E-state index contributed by atoms with van der Waals surface area (Å²) in [6.07, 6.45) is 11.8. The number of fused-ring (bicyclic) bond motifs is 3. The van der Waals surface area contributed by atoms with Crippen molar-refractivity contribution in [2.24, 2.45) is 21.7 Å². The summed E-state index contributed by atoms with van der Waals surface area (Å²) in [6, 6.07) is 30.0. The summed E-state index contributed by atoms with van der Waals surface area (Å²) in [5.74, 6) is 0. The van der Waals surface area contributed by atoms with Gasteiger partial charge in [-0.3, -0.25) is 14.7 Å². The third-order valence-electron chi connectivity index (χ3n) is 17.0. The van der Waals surface area contributed by atoms with Crippen LogP contribution in [-0.4, -0.2) is 86.7 Å². The maximum absolute atomic E-state index is 2.68. The highest BCUT2D eigenvalue weighted by Gasteiger charge is 2.43. The summed E-state index contributed by atoms with van der Waals surface area (Å²) in [4.78, 5) is 13.2. The van der Waals surface area contributed by atoms with Gasteiger partial charge in [-0.15, -0.1) is 0 Å². The van der Waals surface area contributed by atoms with Crippen LogP contribution in [0, 0.1) is 21.7 Å². The Balaban J connectivity index is 0.000000206. The smallest absolute Gasteiger partial charge is 0.0406 e. The van der Waals surface area contributed by atoms with Crippen molar-refractivity contribution < 1.29 is 0 Å². The summed E-state index contributed by atoms with van der Waals surface area (Å²) >= 11 is 0. The molecule has 5 heterocycles. The average Bonchev–Trinajstić information content (AvgIpc) is 3.96. The van der Waals surface area contributed by atoms with Crippen LogP contribution in [0.5, 0.6) is 0 Å². The molecular formula is C70H121N5. The molecule has 5 aliphatic heterocycles. The molecule has 0 aromatic heterocycles. The Morgan fingerprint density at radius 3 is 1.20 bits per heavy atom. The lowest BCUT2D eigenvalue weighted by Gasteiger charge is -2.52. The van der Waals surface area contributed by atoms with Crippen LogP contribution in [0.3, 0.4) is 0 Å². The third-order valence-corrected chi connectivity index (χ3v) is 17.0. The first-order valence-corrected chi connectivity index (χ1v) is 30.2. The van der Waals surface area contributed by atoms with E-state index < -0.39 is 0 Å². The third kappa shape index (κ3) is 18.1. The normalized spacial score (nSPS) is 22.3. The van der Waals surface area contributed by atoms with Gasteiger partial charge in [0, 0.05) is 70.3 Å². The van der Waals surface area contributed by atoms with Crippen molar-refractivity contribution in [1.29, 1.82) is 0 Å². The molecule has 3 aromatic rings. The molecule has 8 rings (SSSR count). The van der Waals surface area contributed by atoms with Crippen LogP contribution >= 0.6 is 0 Å². The molecule has 0 N–H and O–H groups in total. The second-order valence-electron chi connectivity index (χ2n) is 32.1. The Bertz CT molecular complexity index is 2110. The lowest BCUT2D eigenvalue weighted by atomic mass is 9.77. The number of hydrogen-bond acceptors (Lipinski definition) is 5. The number of anilines is 2. The van der Waals surface area contributed by atoms with Gasteiger partial charge < -0.3 is 9.80 Å². The molecule has 5 aliphatic rings. The number of nitrogens with zero attached hydrogens (tertiary/aromatic N) is 5. The maximum atomic E-state index is 2.68. The largest absolute Gasteiger partial charge is 0.363 e. The summed E-state index contributed by atoms with van der Waals surface area (Å²) in [5.41, 5.74) is 11.3. The lowest BCUT2D eigenvalue weighted by molar-refractivity contribution is 0.00615. The van der Waals surface area contributed by atoms with Gasteiger partial charge >= 0.3 is 0 Å². The van der Waals surface area contributed by atoms with Gasteiger partial charge in [-0.05, 0) is 224 Å². The first kappa shape index (κ1) is 64.7. The van der Waals surface area contributed by atoms with Crippen LogP contribution in [0.25, 0.3) is 0 Å². The average molecular weight is 1030 g/mol. The van der Waals surface area contributed by atoms with Gasteiger partial charge in [-0.25, -0.2) is 0 Å². The molecule has 4 atom stereocenters. The number of piperidine rings is 1. The van der Waals surface area contributed by atoms with Gasteiger partial charge in [-0.2, -0.15) is 0 Å². The number of benzene rings is 3. The van der Waals surface area contributed by atoms with E-state index in [1.165, 1.54) is 111 Å². The zero-order valence-electron chi connectivity index (χ0n) is 54.2.